The van der Waals surface area contributed by atoms with Crippen LogP contribution in [0.1, 0.15) is 12.2 Å². The number of rotatable bonds is 4. The van der Waals surface area contributed by atoms with Gasteiger partial charge in [-0.15, -0.1) is 0 Å². The number of hydrogen-bond acceptors (Lipinski definition) is 5. The predicted octanol–water partition coefficient (Wildman–Crippen LogP) is 0.909. The first kappa shape index (κ1) is 10.8. The van der Waals surface area contributed by atoms with Crippen LogP contribution in [-0.2, 0) is 6.42 Å². The van der Waals surface area contributed by atoms with Crippen molar-refractivity contribution in [2.24, 2.45) is 5.16 Å². The standard InChI is InChI=1S/C10H12N4OS/c15-13-6-8-7-16-10(14-8)3-2-9-11-4-1-5-12-9/h1,4-7,14-16H,2-3H2/b13-6+. The maximum atomic E-state index is 8.38. The van der Waals surface area contributed by atoms with Crippen molar-refractivity contribution in [1.82, 2.24) is 15.3 Å². The Morgan fingerprint density at radius 2 is 2.19 bits per heavy atom. The smallest absolute Gasteiger partial charge is 0.128 e. The lowest BCUT2D eigenvalue weighted by Crippen LogP contribution is -2.19. The first-order valence-corrected chi connectivity index (χ1v) is 5.82. The fourth-order valence-electron chi connectivity index (χ4n) is 1.32. The van der Waals surface area contributed by atoms with Crippen LogP contribution in [0.3, 0.4) is 0 Å². The van der Waals surface area contributed by atoms with Crippen LogP contribution in [0, 0.1) is 0 Å². The minimum Gasteiger partial charge on any atom is -0.411 e. The topological polar surface area (TPSA) is 70.4 Å². The second-order valence-electron chi connectivity index (χ2n) is 3.19. The molecule has 0 saturated heterocycles. The highest BCUT2D eigenvalue weighted by molar-refractivity contribution is 8.01. The Bertz CT molecular complexity index is 441. The van der Waals surface area contributed by atoms with E-state index in [0.29, 0.717) is 0 Å². The summed E-state index contributed by atoms with van der Waals surface area (Å²) in [5.41, 5.74) is 0.827. The third kappa shape index (κ3) is 2.90. The van der Waals surface area contributed by atoms with Gasteiger partial charge in [0.1, 0.15) is 5.82 Å². The molecule has 84 valence electrons. The van der Waals surface area contributed by atoms with Gasteiger partial charge in [0.25, 0.3) is 0 Å². The molecule has 6 heteroatoms. The number of aromatic nitrogens is 2. The summed E-state index contributed by atoms with van der Waals surface area (Å²) in [6, 6.07) is 1.81. The van der Waals surface area contributed by atoms with E-state index in [1.54, 1.807) is 18.5 Å². The van der Waals surface area contributed by atoms with E-state index in [0.717, 1.165) is 35.7 Å². The molecule has 0 saturated carbocycles. The first-order valence-electron chi connectivity index (χ1n) is 4.85. The minimum absolute atomic E-state index is 0.813. The number of nitrogens with one attached hydrogen (secondary N) is 1. The van der Waals surface area contributed by atoms with Crippen LogP contribution in [-0.4, -0.2) is 26.4 Å². The number of thiol groups is 1. The zero-order valence-corrected chi connectivity index (χ0v) is 9.43. The highest BCUT2D eigenvalue weighted by atomic mass is 32.1. The molecular formula is C10H12N4OS. The fraction of sp³-hybridized carbons (Fsp3) is 0.200. The lowest BCUT2D eigenvalue weighted by Gasteiger charge is -2.04. The quantitative estimate of drug-likeness (QED) is 0.239. The van der Waals surface area contributed by atoms with E-state index in [9.17, 15) is 0 Å². The van der Waals surface area contributed by atoms with Gasteiger partial charge in [0.15, 0.2) is 0 Å². The van der Waals surface area contributed by atoms with E-state index in [4.69, 9.17) is 5.21 Å². The molecule has 2 rings (SSSR count). The van der Waals surface area contributed by atoms with Gasteiger partial charge in [-0.05, 0) is 11.5 Å². The van der Waals surface area contributed by atoms with E-state index in [1.807, 2.05) is 5.41 Å². The summed E-state index contributed by atoms with van der Waals surface area (Å²) >= 11 is 1.11. The number of aryl methyl sites for hydroxylation is 1. The summed E-state index contributed by atoms with van der Waals surface area (Å²) in [4.78, 5) is 9.48. The summed E-state index contributed by atoms with van der Waals surface area (Å²) in [7, 11) is 0. The average molecular weight is 236 g/mol. The normalized spacial score (nSPS) is 15.2. The fourth-order valence-corrected chi connectivity index (χ4v) is 2.18. The van der Waals surface area contributed by atoms with Gasteiger partial charge >= 0.3 is 0 Å². The summed E-state index contributed by atoms with van der Waals surface area (Å²) in [6.45, 7) is 0. The number of allylic oxidation sites excluding steroid dienone is 1. The third-order valence-corrected chi connectivity index (χ3v) is 3.10. The number of oxime groups is 1. The van der Waals surface area contributed by atoms with Crippen molar-refractivity contribution in [3.63, 3.8) is 0 Å². The third-order valence-electron chi connectivity index (χ3n) is 2.05. The van der Waals surface area contributed by atoms with Crippen molar-refractivity contribution < 1.29 is 5.21 Å². The summed E-state index contributed by atoms with van der Waals surface area (Å²) in [5, 5.41) is 16.5. The van der Waals surface area contributed by atoms with Crippen molar-refractivity contribution in [2.45, 2.75) is 12.8 Å². The van der Waals surface area contributed by atoms with Crippen molar-refractivity contribution in [1.29, 1.82) is 0 Å². The summed E-state index contributed by atoms with van der Waals surface area (Å²) < 4.78 is 0. The van der Waals surface area contributed by atoms with Crippen LogP contribution in [0.4, 0.5) is 0 Å². The zero-order valence-electron chi connectivity index (χ0n) is 8.54. The van der Waals surface area contributed by atoms with Crippen LogP contribution in [0.5, 0.6) is 0 Å². The Hall–Kier alpha value is -1.69. The van der Waals surface area contributed by atoms with Crippen LogP contribution in [0.25, 0.3) is 0 Å². The largest absolute Gasteiger partial charge is 0.411 e. The molecule has 5 nitrogen and oxygen atoms in total. The Labute approximate surface area is 96.9 Å². The molecule has 1 aromatic heterocycles. The molecule has 0 fully saturated rings. The predicted molar refractivity (Wildman–Crippen MR) is 65.8 cm³/mol. The molecule has 0 unspecified atom stereocenters. The first-order chi connectivity index (χ1) is 7.88. The van der Waals surface area contributed by atoms with Gasteiger partial charge in [-0.25, -0.2) is 9.97 Å². The van der Waals surface area contributed by atoms with Gasteiger partial charge in [-0.1, -0.05) is 5.16 Å². The van der Waals surface area contributed by atoms with E-state index in [2.05, 4.69) is 20.4 Å². The van der Waals surface area contributed by atoms with E-state index >= 15 is 0 Å². The average Bonchev–Trinajstić information content (AvgIpc) is 2.76. The molecule has 0 aliphatic carbocycles. The zero-order chi connectivity index (χ0) is 11.2. The van der Waals surface area contributed by atoms with Crippen molar-refractivity contribution in [3.8, 4) is 0 Å². The van der Waals surface area contributed by atoms with Gasteiger partial charge in [0.05, 0.1) is 11.9 Å². The molecule has 0 radical (unpaired) electrons. The Kier molecular flexibility index (Phi) is 3.66. The van der Waals surface area contributed by atoms with Gasteiger partial charge in [0, 0.05) is 30.2 Å². The maximum absolute atomic E-state index is 8.38. The molecule has 0 bridgehead atoms. The monoisotopic (exact) mass is 236 g/mol. The number of hydrogen-bond donors (Lipinski definition) is 3. The van der Waals surface area contributed by atoms with E-state index in [-0.39, 0.29) is 0 Å². The summed E-state index contributed by atoms with van der Waals surface area (Å²) in [5.74, 6) is 0.844. The van der Waals surface area contributed by atoms with E-state index < -0.39 is 0 Å². The molecule has 2 N–H and O–H groups in total. The Balaban J connectivity index is 1.82. The molecule has 2 heterocycles. The highest BCUT2D eigenvalue weighted by Crippen LogP contribution is 2.09. The highest BCUT2D eigenvalue weighted by Gasteiger charge is 2.06. The SMILES string of the molecule is O/N=C/C1=C[SH]=C(CCc2ncccn2)N1. The van der Waals surface area contributed by atoms with Crippen LogP contribution in [0.2, 0.25) is 0 Å². The van der Waals surface area contributed by atoms with Crippen molar-refractivity contribution in [3.05, 3.63) is 35.4 Å². The maximum Gasteiger partial charge on any atom is 0.128 e. The van der Waals surface area contributed by atoms with Crippen molar-refractivity contribution in [2.75, 3.05) is 0 Å². The summed E-state index contributed by atoms with van der Waals surface area (Å²) in [6.07, 6.45) is 6.57. The Morgan fingerprint density at radius 3 is 2.94 bits per heavy atom. The lowest BCUT2D eigenvalue weighted by atomic mass is 10.3. The molecule has 1 aliphatic rings. The van der Waals surface area contributed by atoms with Gasteiger partial charge in [-0.2, -0.15) is 11.4 Å². The lowest BCUT2D eigenvalue weighted by molar-refractivity contribution is 0.321. The van der Waals surface area contributed by atoms with Gasteiger partial charge in [-0.3, -0.25) is 0 Å². The van der Waals surface area contributed by atoms with Crippen LogP contribution in [0.15, 0.2) is 34.7 Å². The van der Waals surface area contributed by atoms with Crippen molar-refractivity contribution >= 4 is 22.6 Å². The molecule has 0 spiro atoms. The molecule has 16 heavy (non-hydrogen) atoms. The minimum atomic E-state index is 0.813. The second kappa shape index (κ2) is 5.41. The molecule has 0 atom stereocenters. The molecule has 1 aliphatic heterocycles. The van der Waals surface area contributed by atoms with E-state index in [1.165, 1.54) is 11.2 Å². The molecule has 0 amide bonds. The molecule has 0 aromatic carbocycles. The Morgan fingerprint density at radius 1 is 1.38 bits per heavy atom. The van der Waals surface area contributed by atoms with Crippen LogP contribution >= 0.6 is 11.4 Å². The van der Waals surface area contributed by atoms with Gasteiger partial charge < -0.3 is 10.5 Å². The number of nitrogens with zero attached hydrogens (tertiary/aromatic N) is 3. The van der Waals surface area contributed by atoms with Gasteiger partial charge in [0.2, 0.25) is 0 Å². The molecule has 1 aromatic rings. The van der Waals surface area contributed by atoms with Crippen LogP contribution < -0.4 is 5.32 Å². The molecular weight excluding hydrogens is 224 g/mol. The second-order valence-corrected chi connectivity index (χ2v) is 4.25.